The maximum atomic E-state index is 13.5. The molecule has 1 unspecified atom stereocenters. The van der Waals surface area contributed by atoms with Crippen molar-refractivity contribution in [3.63, 3.8) is 0 Å². The molecule has 0 saturated carbocycles. The van der Waals surface area contributed by atoms with Gasteiger partial charge in [-0.15, -0.1) is 23.1 Å². The fourth-order valence-corrected chi connectivity index (χ4v) is 6.08. The van der Waals surface area contributed by atoms with Crippen LogP contribution in [0.5, 0.6) is 0 Å². The van der Waals surface area contributed by atoms with Gasteiger partial charge in [0.15, 0.2) is 5.13 Å². The van der Waals surface area contributed by atoms with E-state index in [1.54, 1.807) is 85.1 Å². The fraction of sp³-hybridized carbons (Fsp3) is 0.0588. The van der Waals surface area contributed by atoms with E-state index in [2.05, 4.69) is 20.9 Å². The summed E-state index contributed by atoms with van der Waals surface area (Å²) in [6.07, 6.45) is 1.24. The van der Waals surface area contributed by atoms with Crippen LogP contribution in [0.4, 0.5) is 22.2 Å². The Labute approximate surface area is 287 Å². The van der Waals surface area contributed by atoms with E-state index in [9.17, 15) is 34.6 Å². The van der Waals surface area contributed by atoms with E-state index < -0.39 is 26.9 Å². The minimum absolute atomic E-state index is 0.0659. The van der Waals surface area contributed by atoms with Crippen molar-refractivity contribution in [1.82, 2.24) is 10.3 Å². The van der Waals surface area contributed by atoms with Crippen molar-refractivity contribution in [2.45, 2.75) is 17.1 Å². The fourth-order valence-electron chi connectivity index (χ4n) is 4.43. The molecule has 13 nitrogen and oxygen atoms in total. The van der Waals surface area contributed by atoms with E-state index in [1.807, 2.05) is 0 Å². The lowest BCUT2D eigenvalue weighted by Crippen LogP contribution is -2.30. The molecule has 0 aliphatic rings. The van der Waals surface area contributed by atoms with Gasteiger partial charge >= 0.3 is 0 Å². The van der Waals surface area contributed by atoms with Crippen molar-refractivity contribution in [3.05, 3.63) is 146 Å². The lowest BCUT2D eigenvalue weighted by molar-refractivity contribution is -0.385. The van der Waals surface area contributed by atoms with Gasteiger partial charge in [0.25, 0.3) is 23.2 Å². The first kappa shape index (κ1) is 34.2. The third-order valence-corrected chi connectivity index (χ3v) is 8.67. The molecule has 3 amide bonds. The van der Waals surface area contributed by atoms with Crippen molar-refractivity contribution in [2.75, 3.05) is 10.6 Å². The molecule has 0 bridgehead atoms. The highest BCUT2D eigenvalue weighted by Gasteiger charge is 2.20. The number of anilines is 2. The van der Waals surface area contributed by atoms with Gasteiger partial charge in [0.2, 0.25) is 5.91 Å². The maximum absolute atomic E-state index is 13.5. The summed E-state index contributed by atoms with van der Waals surface area (Å²) < 4.78 is 0. The second-order valence-electron chi connectivity index (χ2n) is 10.3. The minimum Gasteiger partial charge on any atom is -0.321 e. The number of hydrogen-bond donors (Lipinski definition) is 3. The zero-order chi connectivity index (χ0) is 34.9. The highest BCUT2D eigenvalue weighted by Crippen LogP contribution is 2.30. The summed E-state index contributed by atoms with van der Waals surface area (Å²) in [6, 6.07) is 26.8. The average molecular weight is 695 g/mol. The lowest BCUT2D eigenvalue weighted by atomic mass is 10.1. The van der Waals surface area contributed by atoms with Crippen molar-refractivity contribution in [1.29, 1.82) is 0 Å². The summed E-state index contributed by atoms with van der Waals surface area (Å²) in [4.78, 5) is 66.2. The number of nitro benzene ring substituents is 2. The largest absolute Gasteiger partial charge is 0.321 e. The van der Waals surface area contributed by atoms with Gasteiger partial charge in [0.1, 0.15) is 5.70 Å². The molecule has 246 valence electrons. The van der Waals surface area contributed by atoms with Gasteiger partial charge in [-0.2, -0.15) is 0 Å². The smallest absolute Gasteiger partial charge is 0.276 e. The number of carbonyl (C=O) groups excluding carboxylic acids is 3. The quantitative estimate of drug-likeness (QED) is 0.0527. The number of hydrogen-bond acceptors (Lipinski definition) is 10. The van der Waals surface area contributed by atoms with Crippen LogP contribution in [0.1, 0.15) is 22.8 Å². The van der Waals surface area contributed by atoms with Gasteiger partial charge in [-0.25, -0.2) is 4.98 Å². The number of non-ortho nitro benzene ring substituents is 1. The van der Waals surface area contributed by atoms with Gasteiger partial charge < -0.3 is 16.0 Å². The third-order valence-electron chi connectivity index (χ3n) is 6.82. The Balaban J connectivity index is 1.28. The van der Waals surface area contributed by atoms with Crippen molar-refractivity contribution in [3.8, 4) is 11.3 Å². The Morgan fingerprint density at radius 3 is 2.35 bits per heavy atom. The highest BCUT2D eigenvalue weighted by molar-refractivity contribution is 8.00. The highest BCUT2D eigenvalue weighted by atomic mass is 32.2. The monoisotopic (exact) mass is 694 g/mol. The number of para-hydroxylation sites is 1. The molecule has 0 radical (unpaired) electrons. The van der Waals surface area contributed by atoms with Crippen LogP contribution in [0.3, 0.4) is 0 Å². The summed E-state index contributed by atoms with van der Waals surface area (Å²) in [5.74, 6) is -1.64. The molecule has 1 aromatic heterocycles. The number of rotatable bonds is 12. The van der Waals surface area contributed by atoms with Gasteiger partial charge in [0, 0.05) is 45.3 Å². The molecule has 0 aliphatic carbocycles. The summed E-state index contributed by atoms with van der Waals surface area (Å²) in [5, 5.41) is 32.2. The van der Waals surface area contributed by atoms with E-state index in [0.717, 1.165) is 0 Å². The molecule has 1 atom stereocenters. The van der Waals surface area contributed by atoms with Gasteiger partial charge in [-0.3, -0.25) is 34.6 Å². The number of aromatic nitrogens is 1. The molecule has 5 aromatic rings. The van der Waals surface area contributed by atoms with Crippen LogP contribution in [0.15, 0.2) is 119 Å². The summed E-state index contributed by atoms with van der Waals surface area (Å²) in [6.45, 7) is 1.70. The molecule has 0 fully saturated rings. The molecule has 3 N–H and O–H groups in total. The van der Waals surface area contributed by atoms with Gasteiger partial charge in [-0.1, -0.05) is 48.5 Å². The summed E-state index contributed by atoms with van der Waals surface area (Å²) in [7, 11) is 0. The first-order valence-electron chi connectivity index (χ1n) is 14.5. The molecular weight excluding hydrogens is 669 g/mol. The molecule has 5 rings (SSSR count). The topological polar surface area (TPSA) is 186 Å². The Morgan fingerprint density at radius 2 is 1.59 bits per heavy atom. The van der Waals surface area contributed by atoms with Crippen molar-refractivity contribution < 1.29 is 24.2 Å². The Bertz CT molecular complexity index is 2080. The number of nitrogens with one attached hydrogen (secondary N) is 3. The summed E-state index contributed by atoms with van der Waals surface area (Å²) in [5.41, 5.74) is 1.26. The number of amides is 3. The van der Waals surface area contributed by atoms with Crippen LogP contribution < -0.4 is 16.0 Å². The number of benzene rings is 4. The molecule has 0 saturated heterocycles. The van der Waals surface area contributed by atoms with Crippen LogP contribution in [0, 0.1) is 20.2 Å². The van der Waals surface area contributed by atoms with Crippen LogP contribution in [-0.2, 0) is 9.59 Å². The average Bonchev–Trinajstić information content (AvgIpc) is 3.57. The van der Waals surface area contributed by atoms with E-state index >= 15 is 0 Å². The molecule has 15 heteroatoms. The number of carbonyl (C=O) groups is 3. The normalized spacial score (nSPS) is 11.7. The SMILES string of the molecule is CC(Sc1cccc(NC(=O)/C(=C\c2ccccc2[N+](=O)[O-])NC(=O)c2ccccc2)c1)C(=O)Nc1nc(-c2cccc([N+](=O)[O-])c2)cs1. The van der Waals surface area contributed by atoms with Crippen molar-refractivity contribution in [2.24, 2.45) is 0 Å². The van der Waals surface area contributed by atoms with E-state index in [1.165, 1.54) is 59.5 Å². The van der Waals surface area contributed by atoms with E-state index in [-0.39, 0.29) is 34.1 Å². The molecule has 4 aromatic carbocycles. The third kappa shape index (κ3) is 9.00. The second-order valence-corrected chi connectivity index (χ2v) is 12.5. The Morgan fingerprint density at radius 1 is 0.857 bits per heavy atom. The van der Waals surface area contributed by atoms with Crippen LogP contribution in [0.2, 0.25) is 0 Å². The second kappa shape index (κ2) is 15.6. The van der Waals surface area contributed by atoms with E-state index in [0.29, 0.717) is 27.0 Å². The molecule has 49 heavy (non-hydrogen) atoms. The molecule has 0 aliphatic heterocycles. The van der Waals surface area contributed by atoms with Crippen LogP contribution >= 0.6 is 23.1 Å². The summed E-state index contributed by atoms with van der Waals surface area (Å²) >= 11 is 2.41. The number of thiazole rings is 1. The zero-order valence-corrected chi connectivity index (χ0v) is 27.2. The first-order valence-corrected chi connectivity index (χ1v) is 16.2. The standard InChI is InChI=1S/C34H26N6O7S2/c1-21(31(41)38-34-37-29(20-48-34)23-12-7-14-26(17-23)39(44)45)49-27-15-8-13-25(19-27)35-33(43)28(36-32(42)22-9-3-2-4-10-22)18-24-11-5-6-16-30(24)40(46)47/h2-21H,1H3,(H,35,43)(H,36,42)(H,37,38,41)/b28-18+. The van der Waals surface area contributed by atoms with Gasteiger partial charge in [0.05, 0.1) is 26.4 Å². The minimum atomic E-state index is -0.723. The van der Waals surface area contributed by atoms with Gasteiger partial charge in [-0.05, 0) is 49.4 Å². The van der Waals surface area contributed by atoms with Crippen molar-refractivity contribution >= 4 is 69.1 Å². The number of thioether (sulfide) groups is 1. The Kier molecular flexibility index (Phi) is 10.9. The lowest BCUT2D eigenvalue weighted by Gasteiger charge is -2.13. The first-order chi connectivity index (χ1) is 23.6. The Hall–Kier alpha value is -6.19. The number of nitro groups is 2. The van der Waals surface area contributed by atoms with Crippen LogP contribution in [-0.4, -0.2) is 37.8 Å². The maximum Gasteiger partial charge on any atom is 0.276 e. The molecule has 0 spiro atoms. The predicted molar refractivity (Wildman–Crippen MR) is 188 cm³/mol. The number of nitrogens with zero attached hydrogens (tertiary/aromatic N) is 3. The van der Waals surface area contributed by atoms with Crippen LogP contribution in [0.25, 0.3) is 17.3 Å². The molecule has 1 heterocycles. The predicted octanol–water partition coefficient (Wildman–Crippen LogP) is 7.16. The zero-order valence-electron chi connectivity index (χ0n) is 25.6. The molecular formula is C34H26N6O7S2. The van der Waals surface area contributed by atoms with E-state index in [4.69, 9.17) is 0 Å².